The van der Waals surface area contributed by atoms with Crippen LogP contribution in [0.5, 0.6) is 0 Å². The summed E-state index contributed by atoms with van der Waals surface area (Å²) < 4.78 is 0. The van der Waals surface area contributed by atoms with Crippen molar-refractivity contribution in [3.05, 3.63) is 33.9 Å². The van der Waals surface area contributed by atoms with Crippen LogP contribution in [0.4, 0.5) is 11.4 Å². The Hall–Kier alpha value is -2.44. The zero-order chi connectivity index (χ0) is 13.7. The van der Waals surface area contributed by atoms with Crippen LogP contribution in [0.15, 0.2) is 18.2 Å². The minimum atomic E-state index is -0.579. The average Bonchev–Trinajstić information content (AvgIpc) is 3.11. The van der Waals surface area contributed by atoms with Crippen LogP contribution in [0, 0.1) is 22.0 Å². The van der Waals surface area contributed by atoms with Gasteiger partial charge >= 0.3 is 0 Å². The number of likely N-dealkylation sites (tertiary alicyclic amines) is 1. The largest absolute Gasteiger partial charge is 0.393 e. The molecule has 0 radical (unpaired) electrons. The minimum absolute atomic E-state index is 0.0654. The Bertz CT molecular complexity index is 593. The van der Waals surface area contributed by atoms with Crippen molar-refractivity contribution in [2.45, 2.75) is 13.0 Å². The molecule has 1 aromatic carbocycles. The molecular weight excluding hydrogens is 250 g/mol. The van der Waals surface area contributed by atoms with Gasteiger partial charge in [0.2, 0.25) is 11.8 Å². The number of imide groups is 1. The molecule has 19 heavy (non-hydrogen) atoms. The maximum atomic E-state index is 11.8. The number of carbonyl (C=O) groups excluding carboxylic acids is 2. The maximum Gasteiger partial charge on any atom is 0.292 e. The molecule has 2 N–H and O–H groups in total. The monoisotopic (exact) mass is 261 g/mol. The third kappa shape index (κ3) is 1.74. The number of nitro benzene ring substituents is 1. The first kappa shape index (κ1) is 11.6. The first-order valence-corrected chi connectivity index (χ1v) is 5.87. The number of piperidine rings is 1. The van der Waals surface area contributed by atoms with Gasteiger partial charge in [-0.25, -0.2) is 0 Å². The van der Waals surface area contributed by atoms with Crippen molar-refractivity contribution >= 4 is 23.2 Å². The van der Waals surface area contributed by atoms with E-state index in [1.165, 1.54) is 17.0 Å². The van der Waals surface area contributed by atoms with E-state index in [-0.39, 0.29) is 41.6 Å². The van der Waals surface area contributed by atoms with Gasteiger partial charge in [0.25, 0.3) is 5.69 Å². The Morgan fingerprint density at radius 2 is 1.95 bits per heavy atom. The summed E-state index contributed by atoms with van der Waals surface area (Å²) in [7, 11) is 0. The predicted molar refractivity (Wildman–Crippen MR) is 64.7 cm³/mol. The third-order valence-corrected chi connectivity index (χ3v) is 3.59. The van der Waals surface area contributed by atoms with Gasteiger partial charge in [0.1, 0.15) is 5.69 Å². The first-order chi connectivity index (χ1) is 8.99. The van der Waals surface area contributed by atoms with Crippen molar-refractivity contribution < 1.29 is 14.5 Å². The standard InChI is InChI=1S/C12H11N3O4/c13-9-2-1-6(3-10(9)15(18)19)5-14-11(16)7-4-8(7)12(14)17/h1-3,7-8H,4-5,13H2. The predicted octanol–water partition coefficient (Wildman–Crippen LogP) is 0.682. The third-order valence-electron chi connectivity index (χ3n) is 3.59. The summed E-state index contributed by atoms with van der Waals surface area (Å²) in [4.78, 5) is 35.0. The molecular formula is C12H11N3O4. The van der Waals surface area contributed by atoms with E-state index in [9.17, 15) is 19.7 Å². The van der Waals surface area contributed by atoms with E-state index in [2.05, 4.69) is 0 Å². The lowest BCUT2D eigenvalue weighted by Gasteiger charge is -2.16. The van der Waals surface area contributed by atoms with Gasteiger partial charge in [-0.3, -0.25) is 24.6 Å². The number of hydrogen-bond acceptors (Lipinski definition) is 5. The molecule has 2 atom stereocenters. The summed E-state index contributed by atoms with van der Waals surface area (Å²) in [5.41, 5.74) is 5.88. The Morgan fingerprint density at radius 1 is 1.32 bits per heavy atom. The molecule has 3 rings (SSSR count). The summed E-state index contributed by atoms with van der Waals surface area (Å²) in [5.74, 6) is -0.656. The van der Waals surface area contributed by atoms with Crippen LogP contribution in [0.3, 0.4) is 0 Å². The van der Waals surface area contributed by atoms with Crippen LogP contribution in [-0.2, 0) is 16.1 Å². The van der Waals surface area contributed by atoms with E-state index in [1.54, 1.807) is 6.07 Å². The molecule has 0 spiro atoms. The molecule has 2 aliphatic rings. The molecule has 2 amide bonds. The molecule has 1 aliphatic heterocycles. The number of benzene rings is 1. The Morgan fingerprint density at radius 3 is 2.53 bits per heavy atom. The van der Waals surface area contributed by atoms with Crippen molar-refractivity contribution in [1.29, 1.82) is 0 Å². The fourth-order valence-electron chi connectivity index (χ4n) is 2.43. The summed E-state index contributed by atoms with van der Waals surface area (Å²) in [5, 5.41) is 10.8. The zero-order valence-corrected chi connectivity index (χ0v) is 9.91. The van der Waals surface area contributed by atoms with Gasteiger partial charge in [-0.2, -0.15) is 0 Å². The van der Waals surface area contributed by atoms with Gasteiger partial charge < -0.3 is 5.73 Å². The lowest BCUT2D eigenvalue weighted by atomic mass is 10.1. The molecule has 1 heterocycles. The molecule has 0 bridgehead atoms. The number of anilines is 1. The number of fused-ring (bicyclic) bond motifs is 1. The Labute approximate surface area is 108 Å². The number of nitrogen functional groups attached to an aromatic ring is 1. The highest BCUT2D eigenvalue weighted by molar-refractivity contribution is 6.08. The molecule has 2 fully saturated rings. The molecule has 0 aromatic heterocycles. The number of rotatable bonds is 3. The van der Waals surface area contributed by atoms with Crippen molar-refractivity contribution in [1.82, 2.24) is 4.90 Å². The Kier molecular flexibility index (Phi) is 2.31. The van der Waals surface area contributed by atoms with Crippen molar-refractivity contribution in [3.63, 3.8) is 0 Å². The molecule has 2 unspecified atom stereocenters. The maximum absolute atomic E-state index is 11.8. The highest BCUT2D eigenvalue weighted by Gasteiger charge is 2.58. The normalized spacial score (nSPS) is 24.5. The summed E-state index contributed by atoms with van der Waals surface area (Å²) in [6.45, 7) is 0.0752. The molecule has 7 nitrogen and oxygen atoms in total. The molecule has 1 saturated heterocycles. The van der Waals surface area contributed by atoms with Gasteiger partial charge in [0.15, 0.2) is 0 Å². The smallest absolute Gasteiger partial charge is 0.292 e. The molecule has 98 valence electrons. The van der Waals surface area contributed by atoms with E-state index in [4.69, 9.17) is 5.73 Å². The molecule has 1 aliphatic carbocycles. The summed E-state index contributed by atoms with van der Waals surface area (Å²) >= 11 is 0. The van der Waals surface area contributed by atoms with Crippen molar-refractivity contribution in [2.75, 3.05) is 5.73 Å². The fourth-order valence-corrected chi connectivity index (χ4v) is 2.43. The fraction of sp³-hybridized carbons (Fsp3) is 0.333. The van der Waals surface area contributed by atoms with Crippen LogP contribution in [0.2, 0.25) is 0 Å². The summed E-state index contributed by atoms with van der Waals surface area (Å²) in [6.07, 6.45) is 0.649. The number of amides is 2. The van der Waals surface area contributed by atoms with Crippen LogP contribution < -0.4 is 5.73 Å². The topological polar surface area (TPSA) is 107 Å². The number of nitrogens with zero attached hydrogens (tertiary/aromatic N) is 2. The number of nitrogens with two attached hydrogens (primary N) is 1. The van der Waals surface area contributed by atoms with Crippen molar-refractivity contribution in [2.24, 2.45) is 11.8 Å². The van der Waals surface area contributed by atoms with E-state index < -0.39 is 4.92 Å². The highest BCUT2D eigenvalue weighted by atomic mass is 16.6. The van der Waals surface area contributed by atoms with Crippen molar-refractivity contribution in [3.8, 4) is 0 Å². The lowest BCUT2D eigenvalue weighted by molar-refractivity contribution is -0.384. The number of hydrogen-bond donors (Lipinski definition) is 1. The second-order valence-electron chi connectivity index (χ2n) is 4.86. The second kappa shape index (κ2) is 3.78. The molecule has 1 aromatic rings. The number of carbonyl (C=O) groups is 2. The molecule has 1 saturated carbocycles. The number of nitro groups is 1. The van der Waals surface area contributed by atoms with E-state index >= 15 is 0 Å². The minimum Gasteiger partial charge on any atom is -0.393 e. The average molecular weight is 261 g/mol. The van der Waals surface area contributed by atoms with E-state index in [0.29, 0.717) is 12.0 Å². The summed E-state index contributed by atoms with van der Waals surface area (Å²) in [6, 6.07) is 4.31. The van der Waals surface area contributed by atoms with Crippen LogP contribution >= 0.6 is 0 Å². The quantitative estimate of drug-likeness (QED) is 0.372. The van der Waals surface area contributed by atoms with Gasteiger partial charge in [-0.15, -0.1) is 0 Å². The van der Waals surface area contributed by atoms with Gasteiger partial charge in [-0.05, 0) is 18.1 Å². The lowest BCUT2D eigenvalue weighted by Crippen LogP contribution is -2.32. The van der Waals surface area contributed by atoms with Crippen LogP contribution in [0.1, 0.15) is 12.0 Å². The van der Waals surface area contributed by atoms with E-state index in [0.717, 1.165) is 0 Å². The zero-order valence-electron chi connectivity index (χ0n) is 9.91. The second-order valence-corrected chi connectivity index (χ2v) is 4.86. The first-order valence-electron chi connectivity index (χ1n) is 5.87. The highest BCUT2D eigenvalue weighted by Crippen LogP contribution is 2.47. The van der Waals surface area contributed by atoms with Crippen LogP contribution in [0.25, 0.3) is 0 Å². The Balaban J connectivity index is 1.84. The van der Waals surface area contributed by atoms with Gasteiger partial charge in [-0.1, -0.05) is 6.07 Å². The molecule has 7 heteroatoms. The van der Waals surface area contributed by atoms with Gasteiger partial charge in [0, 0.05) is 6.07 Å². The van der Waals surface area contributed by atoms with Gasteiger partial charge in [0.05, 0.1) is 23.3 Å². The van der Waals surface area contributed by atoms with E-state index in [1.807, 2.05) is 0 Å². The van der Waals surface area contributed by atoms with Crippen LogP contribution in [-0.4, -0.2) is 21.6 Å². The SMILES string of the molecule is Nc1ccc(CN2C(=O)C3CC3C2=O)cc1[N+](=O)[O-].